The van der Waals surface area contributed by atoms with E-state index in [4.69, 9.17) is 9.90 Å². The number of carbonyl (C=O) groups is 2. The minimum Gasteiger partial charge on any atom is -0.483 e. The van der Waals surface area contributed by atoms with E-state index >= 15 is 0 Å². The summed E-state index contributed by atoms with van der Waals surface area (Å²) in [6, 6.07) is 0.196. The summed E-state index contributed by atoms with van der Waals surface area (Å²) in [5, 5.41) is 17.0. The van der Waals surface area contributed by atoms with E-state index in [0.29, 0.717) is 6.54 Å². The van der Waals surface area contributed by atoms with Crippen molar-refractivity contribution in [3.05, 3.63) is 0 Å². The minimum atomic E-state index is -0.336. The number of hydrogen-bond donors (Lipinski definition) is 2. The van der Waals surface area contributed by atoms with Crippen molar-refractivity contribution in [1.29, 1.82) is 0 Å². The van der Waals surface area contributed by atoms with Crippen molar-refractivity contribution < 1.29 is 19.8 Å². The number of β-amino-alcohol motifs (C(OH)–C–C–N with tert-alkyl or cyclic N) is 1. The summed E-state index contributed by atoms with van der Waals surface area (Å²) in [7, 11) is 0. The van der Waals surface area contributed by atoms with Crippen LogP contribution in [0.15, 0.2) is 0 Å². The molecular weight excluding hydrogens is 260 g/mol. The molecule has 20 heavy (non-hydrogen) atoms. The first kappa shape index (κ1) is 15.3. The van der Waals surface area contributed by atoms with Gasteiger partial charge in [0.2, 0.25) is 5.91 Å². The highest BCUT2D eigenvalue weighted by Gasteiger charge is 2.40. The zero-order valence-corrected chi connectivity index (χ0v) is 11.8. The number of carbonyl (C=O) groups excluding carboxylic acids is 1. The molecule has 114 valence electrons. The Kier molecular flexibility index (Phi) is 5.37. The summed E-state index contributed by atoms with van der Waals surface area (Å²) >= 11 is 0. The van der Waals surface area contributed by atoms with E-state index in [2.05, 4.69) is 4.90 Å². The standard InChI is InChI=1S/C13H22N2O2.CH2O2/c16-12-9-15(13(17)10-4-3-5-10)8-11(12)14-6-1-2-7-14;2-1-3/h10-12,16H,1-9H2;1H,(H,2,3)/t11-,12-;/m1./s1. The van der Waals surface area contributed by atoms with Crippen LogP contribution in [0.5, 0.6) is 0 Å². The van der Waals surface area contributed by atoms with Crippen LogP contribution < -0.4 is 0 Å². The van der Waals surface area contributed by atoms with Crippen LogP contribution in [-0.2, 0) is 9.59 Å². The lowest BCUT2D eigenvalue weighted by molar-refractivity contribution is -0.137. The molecule has 1 saturated carbocycles. The van der Waals surface area contributed by atoms with E-state index in [1.165, 1.54) is 19.3 Å². The number of aliphatic hydroxyl groups excluding tert-OH is 1. The van der Waals surface area contributed by atoms with Crippen molar-refractivity contribution >= 4 is 12.4 Å². The van der Waals surface area contributed by atoms with Gasteiger partial charge < -0.3 is 15.1 Å². The average molecular weight is 284 g/mol. The normalized spacial score (nSPS) is 30.6. The Hall–Kier alpha value is -1.14. The largest absolute Gasteiger partial charge is 0.483 e. The van der Waals surface area contributed by atoms with Crippen LogP contribution in [0.1, 0.15) is 32.1 Å². The van der Waals surface area contributed by atoms with Gasteiger partial charge in [0, 0.05) is 19.0 Å². The number of hydrogen-bond acceptors (Lipinski definition) is 4. The maximum atomic E-state index is 12.1. The maximum absolute atomic E-state index is 12.1. The predicted octanol–water partition coefficient (Wildman–Crippen LogP) is 0.155. The van der Waals surface area contributed by atoms with E-state index in [9.17, 15) is 9.90 Å². The van der Waals surface area contributed by atoms with Crippen molar-refractivity contribution in [2.45, 2.75) is 44.2 Å². The first-order chi connectivity index (χ1) is 9.67. The second-order valence-corrected chi connectivity index (χ2v) is 5.85. The SMILES string of the molecule is O=C(C1CCC1)N1C[C@@H](O)[C@H](N2CCCC2)C1.O=CO. The first-order valence-electron chi connectivity index (χ1n) is 7.46. The summed E-state index contributed by atoms with van der Waals surface area (Å²) in [6.07, 6.45) is 5.44. The molecule has 0 unspecified atom stereocenters. The van der Waals surface area contributed by atoms with Gasteiger partial charge in [-0.25, -0.2) is 0 Å². The van der Waals surface area contributed by atoms with Gasteiger partial charge in [-0.2, -0.15) is 0 Å². The van der Waals surface area contributed by atoms with Gasteiger partial charge in [-0.1, -0.05) is 6.42 Å². The predicted molar refractivity (Wildman–Crippen MR) is 73.2 cm³/mol. The Balaban J connectivity index is 0.000000452. The molecule has 3 fully saturated rings. The molecule has 2 saturated heterocycles. The third-order valence-electron chi connectivity index (χ3n) is 4.63. The average Bonchev–Trinajstić information content (AvgIpc) is 2.96. The third-order valence-corrected chi connectivity index (χ3v) is 4.63. The van der Waals surface area contributed by atoms with Gasteiger partial charge in [-0.3, -0.25) is 14.5 Å². The molecule has 6 heteroatoms. The Morgan fingerprint density at radius 1 is 1.10 bits per heavy atom. The zero-order valence-electron chi connectivity index (χ0n) is 11.8. The second-order valence-electron chi connectivity index (χ2n) is 5.85. The van der Waals surface area contributed by atoms with E-state index in [-0.39, 0.29) is 30.4 Å². The molecule has 0 radical (unpaired) electrons. The number of aliphatic hydroxyl groups is 1. The van der Waals surface area contributed by atoms with Gasteiger partial charge in [0.1, 0.15) is 0 Å². The molecule has 1 amide bonds. The molecule has 2 aliphatic heterocycles. The number of amides is 1. The van der Waals surface area contributed by atoms with E-state index in [1.54, 1.807) is 0 Å². The lowest BCUT2D eigenvalue weighted by Gasteiger charge is -2.29. The molecule has 2 atom stereocenters. The third kappa shape index (κ3) is 3.30. The molecule has 0 aromatic rings. The number of likely N-dealkylation sites (tertiary alicyclic amines) is 2. The fourth-order valence-corrected chi connectivity index (χ4v) is 3.29. The van der Waals surface area contributed by atoms with Crippen LogP contribution in [-0.4, -0.2) is 70.7 Å². The van der Waals surface area contributed by atoms with Crippen molar-refractivity contribution in [2.24, 2.45) is 5.92 Å². The van der Waals surface area contributed by atoms with Crippen molar-refractivity contribution in [3.8, 4) is 0 Å². The van der Waals surface area contributed by atoms with Crippen molar-refractivity contribution in [2.75, 3.05) is 26.2 Å². The topological polar surface area (TPSA) is 81.1 Å². The Bertz CT molecular complexity index is 340. The maximum Gasteiger partial charge on any atom is 0.290 e. The van der Waals surface area contributed by atoms with E-state index < -0.39 is 0 Å². The molecule has 2 N–H and O–H groups in total. The molecule has 2 heterocycles. The highest BCUT2D eigenvalue weighted by Crippen LogP contribution is 2.30. The number of carboxylic acid groups (broad SMARTS) is 1. The molecule has 0 aromatic carbocycles. The molecule has 3 rings (SSSR count). The lowest BCUT2D eigenvalue weighted by Crippen LogP contribution is -2.42. The van der Waals surface area contributed by atoms with Gasteiger partial charge in [-0.05, 0) is 38.8 Å². The summed E-state index contributed by atoms with van der Waals surface area (Å²) in [5.41, 5.74) is 0. The van der Waals surface area contributed by atoms with Gasteiger partial charge in [0.25, 0.3) is 6.47 Å². The van der Waals surface area contributed by atoms with E-state index in [0.717, 1.165) is 32.5 Å². The molecule has 0 aromatic heterocycles. The second kappa shape index (κ2) is 7.04. The first-order valence-corrected chi connectivity index (χ1v) is 7.46. The van der Waals surface area contributed by atoms with Crippen LogP contribution >= 0.6 is 0 Å². The van der Waals surface area contributed by atoms with Crippen LogP contribution in [0.4, 0.5) is 0 Å². The summed E-state index contributed by atoms with van der Waals surface area (Å²) in [4.78, 5) is 24.8. The summed E-state index contributed by atoms with van der Waals surface area (Å²) in [6.45, 7) is 3.23. The van der Waals surface area contributed by atoms with Crippen molar-refractivity contribution in [1.82, 2.24) is 9.80 Å². The summed E-state index contributed by atoms with van der Waals surface area (Å²) < 4.78 is 0. The highest BCUT2D eigenvalue weighted by atomic mass is 16.3. The van der Waals surface area contributed by atoms with Crippen LogP contribution in [0.3, 0.4) is 0 Å². The molecule has 6 nitrogen and oxygen atoms in total. The Morgan fingerprint density at radius 3 is 2.20 bits per heavy atom. The molecule has 0 spiro atoms. The van der Waals surface area contributed by atoms with Crippen LogP contribution in [0.25, 0.3) is 0 Å². The minimum absolute atomic E-state index is 0.196. The molecule has 1 aliphatic carbocycles. The van der Waals surface area contributed by atoms with Gasteiger partial charge in [-0.15, -0.1) is 0 Å². The summed E-state index contributed by atoms with van der Waals surface area (Å²) in [5.74, 6) is 0.552. The molecular formula is C14H24N2O4. The fourth-order valence-electron chi connectivity index (χ4n) is 3.29. The van der Waals surface area contributed by atoms with Gasteiger partial charge >= 0.3 is 0 Å². The Labute approximate surface area is 119 Å². The van der Waals surface area contributed by atoms with Gasteiger partial charge in [0.05, 0.1) is 12.1 Å². The smallest absolute Gasteiger partial charge is 0.290 e. The fraction of sp³-hybridized carbons (Fsp3) is 0.857. The monoisotopic (exact) mass is 284 g/mol. The van der Waals surface area contributed by atoms with E-state index in [1.807, 2.05) is 4.90 Å². The Morgan fingerprint density at radius 2 is 1.70 bits per heavy atom. The van der Waals surface area contributed by atoms with Crippen molar-refractivity contribution in [3.63, 3.8) is 0 Å². The molecule has 0 bridgehead atoms. The number of nitrogens with zero attached hydrogens (tertiary/aromatic N) is 2. The quantitative estimate of drug-likeness (QED) is 0.706. The lowest BCUT2D eigenvalue weighted by atomic mass is 9.84. The highest BCUT2D eigenvalue weighted by molar-refractivity contribution is 5.80. The zero-order chi connectivity index (χ0) is 14.5. The van der Waals surface area contributed by atoms with Gasteiger partial charge in [0.15, 0.2) is 0 Å². The van der Waals surface area contributed by atoms with Crippen LogP contribution in [0, 0.1) is 5.92 Å². The van der Waals surface area contributed by atoms with Crippen LogP contribution in [0.2, 0.25) is 0 Å². The molecule has 3 aliphatic rings. The number of rotatable bonds is 2.